The number of likely N-dealkylation sites (tertiary alicyclic amines) is 1. The van der Waals surface area contributed by atoms with Gasteiger partial charge in [-0.1, -0.05) is 0 Å². The first-order chi connectivity index (χ1) is 11.6. The largest absolute Gasteiger partial charge is 0.508 e. The van der Waals surface area contributed by atoms with Gasteiger partial charge in [0.1, 0.15) is 12.4 Å². The number of rotatable bonds is 5. The molecule has 0 bridgehead atoms. The summed E-state index contributed by atoms with van der Waals surface area (Å²) in [6, 6.07) is 6.41. The minimum atomic E-state index is -0.188. The van der Waals surface area contributed by atoms with E-state index in [0.29, 0.717) is 18.5 Å². The minimum Gasteiger partial charge on any atom is -0.508 e. The van der Waals surface area contributed by atoms with Crippen LogP contribution in [0.15, 0.2) is 24.3 Å². The average Bonchev–Trinajstić information content (AvgIpc) is 2.60. The van der Waals surface area contributed by atoms with Crippen molar-refractivity contribution in [1.29, 1.82) is 0 Å². The van der Waals surface area contributed by atoms with E-state index < -0.39 is 0 Å². The quantitative estimate of drug-likeness (QED) is 0.796. The Bertz CT molecular complexity index is 580. The Morgan fingerprint density at radius 3 is 2.58 bits per heavy atom. The molecule has 0 saturated carbocycles. The second-order valence-corrected chi connectivity index (χ2v) is 6.66. The Morgan fingerprint density at radius 1 is 1.25 bits per heavy atom. The number of aromatic hydroxyl groups is 1. The lowest BCUT2D eigenvalue weighted by molar-refractivity contribution is -0.150. The number of carbonyl (C=O) groups is 2. The van der Waals surface area contributed by atoms with Gasteiger partial charge >= 0.3 is 0 Å². The zero-order chi connectivity index (χ0) is 17.0. The van der Waals surface area contributed by atoms with Crippen LogP contribution in [0.25, 0.3) is 0 Å². The number of ether oxygens (including phenoxy) is 1. The lowest BCUT2D eigenvalue weighted by Gasteiger charge is -2.43. The molecule has 0 radical (unpaired) electrons. The molecule has 2 saturated heterocycles. The van der Waals surface area contributed by atoms with Crippen molar-refractivity contribution in [2.24, 2.45) is 0 Å². The molecule has 3 rings (SSSR count). The van der Waals surface area contributed by atoms with Crippen LogP contribution in [0, 0.1) is 0 Å². The monoisotopic (exact) mass is 332 g/mol. The van der Waals surface area contributed by atoms with Crippen molar-refractivity contribution >= 4 is 11.7 Å². The molecule has 1 spiro atoms. The number of morpholine rings is 1. The smallest absolute Gasteiger partial charge is 0.246 e. The highest BCUT2D eigenvalue weighted by Gasteiger charge is 2.38. The SMILES string of the molecule is O=C1COC2(CCN(CCCC(=O)c3ccc(O)cc3)CC2)CN1. The Balaban J connectivity index is 1.38. The van der Waals surface area contributed by atoms with Crippen molar-refractivity contribution in [3.05, 3.63) is 29.8 Å². The second kappa shape index (κ2) is 7.32. The van der Waals surface area contributed by atoms with Crippen molar-refractivity contribution in [3.63, 3.8) is 0 Å². The maximum Gasteiger partial charge on any atom is 0.246 e. The summed E-state index contributed by atoms with van der Waals surface area (Å²) in [4.78, 5) is 25.7. The molecule has 2 aliphatic rings. The summed E-state index contributed by atoms with van der Waals surface area (Å²) >= 11 is 0. The molecule has 6 heteroatoms. The van der Waals surface area contributed by atoms with E-state index in [1.807, 2.05) is 0 Å². The molecule has 6 nitrogen and oxygen atoms in total. The van der Waals surface area contributed by atoms with Gasteiger partial charge in [0.25, 0.3) is 0 Å². The number of benzene rings is 1. The van der Waals surface area contributed by atoms with Crippen LogP contribution in [0.4, 0.5) is 0 Å². The van der Waals surface area contributed by atoms with Gasteiger partial charge in [0.15, 0.2) is 5.78 Å². The normalized spacial score (nSPS) is 20.8. The standard InChI is InChI=1S/C18H24N2O4/c21-15-5-3-14(4-6-15)16(22)2-1-9-20-10-7-18(8-11-20)13-19-17(23)12-24-18/h3-6,21H,1-2,7-13H2,(H,19,23). The molecule has 2 heterocycles. The second-order valence-electron chi connectivity index (χ2n) is 6.66. The van der Waals surface area contributed by atoms with Gasteiger partial charge in [-0.3, -0.25) is 9.59 Å². The summed E-state index contributed by atoms with van der Waals surface area (Å²) in [6.45, 7) is 3.54. The molecule has 1 aromatic carbocycles. The van der Waals surface area contributed by atoms with Crippen molar-refractivity contribution in [1.82, 2.24) is 10.2 Å². The fourth-order valence-corrected chi connectivity index (χ4v) is 3.34. The minimum absolute atomic E-state index is 0.0317. The molecule has 1 amide bonds. The number of carbonyl (C=O) groups excluding carboxylic acids is 2. The van der Waals surface area contributed by atoms with Crippen molar-refractivity contribution in [3.8, 4) is 5.75 Å². The van der Waals surface area contributed by atoms with E-state index >= 15 is 0 Å². The van der Waals surface area contributed by atoms with E-state index in [1.54, 1.807) is 24.3 Å². The first kappa shape index (κ1) is 16.9. The van der Waals surface area contributed by atoms with E-state index in [0.717, 1.165) is 38.9 Å². The number of nitrogens with one attached hydrogen (secondary N) is 1. The predicted molar refractivity (Wildman–Crippen MR) is 89.0 cm³/mol. The number of ketones is 1. The summed E-state index contributed by atoms with van der Waals surface area (Å²) in [5, 5.41) is 12.1. The van der Waals surface area contributed by atoms with Crippen LogP contribution in [0.1, 0.15) is 36.0 Å². The molecule has 1 aromatic rings. The van der Waals surface area contributed by atoms with Crippen molar-refractivity contribution in [2.45, 2.75) is 31.3 Å². The fourth-order valence-electron chi connectivity index (χ4n) is 3.34. The van der Waals surface area contributed by atoms with Gasteiger partial charge in [0.05, 0.1) is 5.60 Å². The lowest BCUT2D eigenvalue weighted by atomic mass is 9.90. The molecule has 0 aromatic heterocycles. The zero-order valence-electron chi connectivity index (χ0n) is 13.8. The van der Waals surface area contributed by atoms with Gasteiger partial charge in [-0.2, -0.15) is 0 Å². The Labute approximate surface area is 141 Å². The van der Waals surface area contributed by atoms with Gasteiger partial charge in [-0.15, -0.1) is 0 Å². The first-order valence-electron chi connectivity index (χ1n) is 8.52. The number of phenols is 1. The van der Waals surface area contributed by atoms with Crippen LogP contribution in [0.2, 0.25) is 0 Å². The highest BCUT2D eigenvalue weighted by atomic mass is 16.5. The van der Waals surface area contributed by atoms with Crippen LogP contribution in [0.3, 0.4) is 0 Å². The number of hydrogen-bond acceptors (Lipinski definition) is 5. The number of amides is 1. The van der Waals surface area contributed by atoms with Gasteiger partial charge < -0.3 is 20.1 Å². The van der Waals surface area contributed by atoms with E-state index in [9.17, 15) is 14.7 Å². The third-order valence-corrected chi connectivity index (χ3v) is 4.95. The van der Waals surface area contributed by atoms with Gasteiger partial charge in [-0.25, -0.2) is 0 Å². The third kappa shape index (κ3) is 4.13. The molecular weight excluding hydrogens is 308 g/mol. The van der Waals surface area contributed by atoms with Crippen LogP contribution < -0.4 is 5.32 Å². The van der Waals surface area contributed by atoms with Crippen LogP contribution in [0.5, 0.6) is 5.75 Å². The molecular formula is C18H24N2O4. The highest BCUT2D eigenvalue weighted by molar-refractivity contribution is 5.96. The fraction of sp³-hybridized carbons (Fsp3) is 0.556. The summed E-state index contributed by atoms with van der Waals surface area (Å²) in [7, 11) is 0. The molecule has 24 heavy (non-hydrogen) atoms. The molecule has 2 N–H and O–H groups in total. The maximum atomic E-state index is 12.1. The third-order valence-electron chi connectivity index (χ3n) is 4.95. The van der Waals surface area contributed by atoms with Crippen LogP contribution in [-0.4, -0.2) is 60.1 Å². The van der Waals surface area contributed by atoms with Crippen molar-refractivity contribution < 1.29 is 19.4 Å². The maximum absolute atomic E-state index is 12.1. The van der Waals surface area contributed by atoms with Crippen molar-refractivity contribution in [2.75, 3.05) is 32.8 Å². The lowest BCUT2D eigenvalue weighted by Crippen LogP contribution is -2.57. The average molecular weight is 332 g/mol. The Morgan fingerprint density at radius 2 is 1.96 bits per heavy atom. The van der Waals surface area contributed by atoms with E-state index in [2.05, 4.69) is 10.2 Å². The molecule has 2 aliphatic heterocycles. The number of piperidine rings is 1. The van der Waals surface area contributed by atoms with E-state index in [4.69, 9.17) is 4.74 Å². The number of phenolic OH excluding ortho intramolecular Hbond substituents is 1. The zero-order valence-corrected chi connectivity index (χ0v) is 13.8. The first-order valence-corrected chi connectivity index (χ1v) is 8.52. The summed E-state index contributed by atoms with van der Waals surface area (Å²) < 4.78 is 5.76. The molecule has 0 aliphatic carbocycles. The Kier molecular flexibility index (Phi) is 5.16. The van der Waals surface area contributed by atoms with Crippen LogP contribution in [-0.2, 0) is 9.53 Å². The highest BCUT2D eigenvalue weighted by Crippen LogP contribution is 2.27. The predicted octanol–water partition coefficient (Wildman–Crippen LogP) is 1.34. The topological polar surface area (TPSA) is 78.9 Å². The Hall–Kier alpha value is -1.92. The molecule has 130 valence electrons. The van der Waals surface area contributed by atoms with E-state index in [1.165, 1.54) is 0 Å². The summed E-state index contributed by atoms with van der Waals surface area (Å²) in [5.74, 6) is 0.257. The van der Waals surface area contributed by atoms with E-state index in [-0.39, 0.29) is 29.6 Å². The van der Waals surface area contributed by atoms with Gasteiger partial charge in [-0.05, 0) is 50.1 Å². The van der Waals surface area contributed by atoms with Gasteiger partial charge in [0.2, 0.25) is 5.91 Å². The summed E-state index contributed by atoms with van der Waals surface area (Å²) in [6.07, 6.45) is 3.17. The number of Topliss-reactive ketones (excluding diaryl/α,β-unsaturated/α-hetero) is 1. The molecule has 0 atom stereocenters. The molecule has 0 unspecified atom stereocenters. The van der Waals surface area contributed by atoms with Gasteiger partial charge in [0, 0.05) is 31.6 Å². The number of hydrogen-bond donors (Lipinski definition) is 2. The summed E-state index contributed by atoms with van der Waals surface area (Å²) in [5.41, 5.74) is 0.462. The molecule has 2 fully saturated rings. The van der Waals surface area contributed by atoms with Crippen LogP contribution >= 0.6 is 0 Å². The number of nitrogens with zero attached hydrogens (tertiary/aromatic N) is 1.